The smallest absolute Gasteiger partial charge is 0.267 e. The first-order chi connectivity index (χ1) is 12.3. The topological polar surface area (TPSA) is 66.6 Å². The molecule has 2 aliphatic heterocycles. The molecule has 1 aromatic carbocycles. The molecular formula is C19H25N3O3. The van der Waals surface area contributed by atoms with Crippen LogP contribution in [0, 0.1) is 5.92 Å². The Morgan fingerprint density at radius 1 is 1.24 bits per heavy atom. The van der Waals surface area contributed by atoms with Gasteiger partial charge in [-0.25, -0.2) is 0 Å². The van der Waals surface area contributed by atoms with E-state index in [9.17, 15) is 4.79 Å². The van der Waals surface area contributed by atoms with Crippen molar-refractivity contribution in [2.75, 3.05) is 46.1 Å². The van der Waals surface area contributed by atoms with E-state index in [4.69, 9.17) is 9.47 Å². The number of hydrogen-bond donors (Lipinski definition) is 2. The molecule has 2 N–H and O–H groups in total. The molecule has 0 bridgehead atoms. The normalized spacial score (nSPS) is 23.0. The van der Waals surface area contributed by atoms with Crippen LogP contribution in [0.2, 0.25) is 0 Å². The molecule has 0 aliphatic carbocycles. The van der Waals surface area contributed by atoms with Gasteiger partial charge in [0.15, 0.2) is 0 Å². The van der Waals surface area contributed by atoms with Crippen molar-refractivity contribution in [3.63, 3.8) is 0 Å². The zero-order valence-electron chi connectivity index (χ0n) is 14.4. The molecule has 0 spiro atoms. The number of nitrogens with zero attached hydrogens (tertiary/aromatic N) is 1. The third-order valence-corrected chi connectivity index (χ3v) is 5.27. The molecule has 2 fully saturated rings. The standard InChI is InChI=1S/C19H25N3O3/c23-19(17-11-14-3-1-2-4-16(14)21-17)20-12-18(15-5-8-25-13-15)22-6-9-24-10-7-22/h1-4,11,15,18,21H,5-10,12-13H2,(H,20,23). The number of benzene rings is 1. The molecule has 25 heavy (non-hydrogen) atoms. The lowest BCUT2D eigenvalue weighted by molar-refractivity contribution is 0.00165. The van der Waals surface area contributed by atoms with E-state index in [0.29, 0.717) is 24.2 Å². The molecule has 2 aliphatic rings. The molecule has 134 valence electrons. The predicted octanol–water partition coefficient (Wildman–Crippen LogP) is 1.64. The summed E-state index contributed by atoms with van der Waals surface area (Å²) in [6.45, 7) is 5.61. The summed E-state index contributed by atoms with van der Waals surface area (Å²) in [5.74, 6) is 0.425. The molecular weight excluding hydrogens is 318 g/mol. The number of hydrogen-bond acceptors (Lipinski definition) is 4. The second kappa shape index (κ2) is 7.56. The predicted molar refractivity (Wildman–Crippen MR) is 95.7 cm³/mol. The molecule has 4 rings (SSSR count). The summed E-state index contributed by atoms with van der Waals surface area (Å²) < 4.78 is 11.1. The highest BCUT2D eigenvalue weighted by molar-refractivity contribution is 5.97. The number of nitrogens with one attached hydrogen (secondary N) is 2. The van der Waals surface area contributed by atoms with E-state index in [1.807, 2.05) is 30.3 Å². The van der Waals surface area contributed by atoms with Crippen molar-refractivity contribution in [3.8, 4) is 0 Å². The van der Waals surface area contributed by atoms with Crippen LogP contribution in [0.1, 0.15) is 16.9 Å². The van der Waals surface area contributed by atoms with E-state index in [1.54, 1.807) is 0 Å². The van der Waals surface area contributed by atoms with E-state index in [-0.39, 0.29) is 5.91 Å². The first-order valence-electron chi connectivity index (χ1n) is 9.07. The molecule has 6 heteroatoms. The summed E-state index contributed by atoms with van der Waals surface area (Å²) in [6.07, 6.45) is 1.06. The quantitative estimate of drug-likeness (QED) is 0.866. The minimum atomic E-state index is -0.0478. The zero-order valence-corrected chi connectivity index (χ0v) is 14.4. The van der Waals surface area contributed by atoms with Gasteiger partial charge in [0, 0.05) is 49.1 Å². The average Bonchev–Trinajstić information content (AvgIpc) is 3.32. The van der Waals surface area contributed by atoms with Gasteiger partial charge >= 0.3 is 0 Å². The molecule has 1 aromatic heterocycles. The largest absolute Gasteiger partial charge is 0.381 e. The highest BCUT2D eigenvalue weighted by Gasteiger charge is 2.31. The Morgan fingerprint density at radius 3 is 2.84 bits per heavy atom. The van der Waals surface area contributed by atoms with Crippen molar-refractivity contribution in [3.05, 3.63) is 36.0 Å². The number of carbonyl (C=O) groups is 1. The number of fused-ring (bicyclic) bond motifs is 1. The van der Waals surface area contributed by atoms with Gasteiger partial charge < -0.3 is 19.8 Å². The summed E-state index contributed by atoms with van der Waals surface area (Å²) in [5, 5.41) is 4.18. The Balaban J connectivity index is 1.43. The minimum absolute atomic E-state index is 0.0478. The Hall–Kier alpha value is -1.89. The average molecular weight is 343 g/mol. The van der Waals surface area contributed by atoms with Crippen molar-refractivity contribution in [1.29, 1.82) is 0 Å². The Bertz CT molecular complexity index is 685. The Morgan fingerprint density at radius 2 is 2.08 bits per heavy atom. The summed E-state index contributed by atoms with van der Waals surface area (Å²) >= 11 is 0. The fourth-order valence-corrected chi connectivity index (χ4v) is 3.85. The van der Waals surface area contributed by atoms with Gasteiger partial charge in [-0.3, -0.25) is 9.69 Å². The van der Waals surface area contributed by atoms with Crippen LogP contribution in [-0.2, 0) is 9.47 Å². The van der Waals surface area contributed by atoms with E-state index in [1.165, 1.54) is 0 Å². The van der Waals surface area contributed by atoms with Gasteiger partial charge in [-0.05, 0) is 18.6 Å². The van der Waals surface area contributed by atoms with Gasteiger partial charge in [0.05, 0.1) is 19.8 Å². The molecule has 2 saturated heterocycles. The number of rotatable bonds is 5. The van der Waals surface area contributed by atoms with Crippen LogP contribution in [0.5, 0.6) is 0 Å². The zero-order chi connectivity index (χ0) is 17.1. The molecule has 3 heterocycles. The van der Waals surface area contributed by atoms with Gasteiger partial charge in [-0.15, -0.1) is 0 Å². The molecule has 2 unspecified atom stereocenters. The van der Waals surface area contributed by atoms with Crippen molar-refractivity contribution in [2.45, 2.75) is 12.5 Å². The minimum Gasteiger partial charge on any atom is -0.381 e. The molecule has 2 aromatic rings. The van der Waals surface area contributed by atoms with Crippen LogP contribution in [0.3, 0.4) is 0 Å². The third kappa shape index (κ3) is 3.71. The van der Waals surface area contributed by atoms with Crippen molar-refractivity contribution in [2.24, 2.45) is 5.92 Å². The fraction of sp³-hybridized carbons (Fsp3) is 0.526. The van der Waals surface area contributed by atoms with E-state index >= 15 is 0 Å². The van der Waals surface area contributed by atoms with E-state index in [2.05, 4.69) is 15.2 Å². The Kier molecular flexibility index (Phi) is 5.01. The Labute approximate surface area is 147 Å². The van der Waals surface area contributed by atoms with Crippen LogP contribution in [0.15, 0.2) is 30.3 Å². The lowest BCUT2D eigenvalue weighted by atomic mass is 9.97. The number of amides is 1. The summed E-state index contributed by atoms with van der Waals surface area (Å²) in [6, 6.07) is 10.2. The van der Waals surface area contributed by atoms with Crippen LogP contribution in [-0.4, -0.2) is 67.9 Å². The number of aromatic nitrogens is 1. The maximum atomic E-state index is 12.6. The highest BCUT2D eigenvalue weighted by atomic mass is 16.5. The number of carbonyl (C=O) groups excluding carboxylic acids is 1. The summed E-state index contributed by atoms with van der Waals surface area (Å²) in [7, 11) is 0. The van der Waals surface area contributed by atoms with E-state index < -0.39 is 0 Å². The van der Waals surface area contributed by atoms with Gasteiger partial charge in [0.2, 0.25) is 0 Å². The van der Waals surface area contributed by atoms with Gasteiger partial charge in [-0.2, -0.15) is 0 Å². The monoisotopic (exact) mass is 343 g/mol. The highest BCUT2D eigenvalue weighted by Crippen LogP contribution is 2.22. The molecule has 0 saturated carbocycles. The second-order valence-electron chi connectivity index (χ2n) is 6.82. The summed E-state index contributed by atoms with van der Waals surface area (Å²) in [4.78, 5) is 18.2. The number of aromatic amines is 1. The van der Waals surface area contributed by atoms with Crippen molar-refractivity contribution in [1.82, 2.24) is 15.2 Å². The summed E-state index contributed by atoms with van der Waals surface area (Å²) in [5.41, 5.74) is 1.60. The number of H-pyrrole nitrogens is 1. The van der Waals surface area contributed by atoms with Crippen LogP contribution >= 0.6 is 0 Å². The molecule has 2 atom stereocenters. The lowest BCUT2D eigenvalue weighted by Crippen LogP contribution is -2.52. The van der Waals surface area contributed by atoms with Gasteiger partial charge in [0.25, 0.3) is 5.91 Å². The van der Waals surface area contributed by atoms with Crippen molar-refractivity contribution < 1.29 is 14.3 Å². The maximum absolute atomic E-state index is 12.6. The molecule has 1 amide bonds. The van der Waals surface area contributed by atoms with Gasteiger partial charge in [-0.1, -0.05) is 18.2 Å². The maximum Gasteiger partial charge on any atom is 0.267 e. The third-order valence-electron chi connectivity index (χ3n) is 5.27. The first kappa shape index (κ1) is 16.6. The molecule has 0 radical (unpaired) electrons. The number of morpholine rings is 1. The van der Waals surface area contributed by atoms with Crippen molar-refractivity contribution >= 4 is 16.8 Å². The number of para-hydroxylation sites is 1. The second-order valence-corrected chi connectivity index (χ2v) is 6.82. The lowest BCUT2D eigenvalue weighted by Gasteiger charge is -2.37. The van der Waals surface area contributed by atoms with Gasteiger partial charge in [0.1, 0.15) is 5.69 Å². The molecule has 6 nitrogen and oxygen atoms in total. The SMILES string of the molecule is O=C(NCC(C1CCOC1)N1CCOCC1)c1cc2ccccc2[nH]1. The first-order valence-corrected chi connectivity index (χ1v) is 9.07. The van der Waals surface area contributed by atoms with Crippen LogP contribution in [0.4, 0.5) is 0 Å². The van der Waals surface area contributed by atoms with Crippen LogP contribution < -0.4 is 5.32 Å². The fourth-order valence-electron chi connectivity index (χ4n) is 3.85. The van der Waals surface area contributed by atoms with E-state index in [0.717, 1.165) is 56.8 Å². The number of ether oxygens (including phenoxy) is 2. The van der Waals surface area contributed by atoms with Crippen LogP contribution in [0.25, 0.3) is 10.9 Å².